The highest BCUT2D eigenvalue weighted by atomic mass is 16.2. The molecule has 0 saturated carbocycles. The second-order valence-corrected chi connectivity index (χ2v) is 8.93. The van der Waals surface area contributed by atoms with E-state index in [1.807, 2.05) is 18.1 Å². The number of hydrogen-bond donors (Lipinski definition) is 0. The minimum absolute atomic E-state index is 0.0115. The third-order valence-corrected chi connectivity index (χ3v) is 6.67. The van der Waals surface area contributed by atoms with Crippen LogP contribution in [0.1, 0.15) is 58.4 Å². The lowest BCUT2D eigenvalue weighted by Crippen LogP contribution is -2.41. The minimum atomic E-state index is -0.0115. The molecule has 0 spiro atoms. The molecule has 0 bridgehead atoms. The number of fused-ring (bicyclic) bond motifs is 1. The van der Waals surface area contributed by atoms with Gasteiger partial charge >= 0.3 is 0 Å². The van der Waals surface area contributed by atoms with E-state index < -0.39 is 0 Å². The van der Waals surface area contributed by atoms with Crippen molar-refractivity contribution in [1.82, 2.24) is 24.4 Å². The zero-order valence-corrected chi connectivity index (χ0v) is 18.9. The summed E-state index contributed by atoms with van der Waals surface area (Å²) in [6, 6.07) is 10.6. The standard InChI is InChI=1S/C25H30N6O/c1-18-21-11-7-13-30(16-19-8-4-3-5-9-19)23(21)28-22(27-18)20-10-6-14-31(17-20)25(32)24-26-12-15-29(24)2/h3-5,8-9,12,15,20H,6-7,10-11,13-14,16-17H2,1-2H3/t20-/m0/s1. The van der Waals surface area contributed by atoms with Crippen LogP contribution in [0.5, 0.6) is 0 Å². The Morgan fingerprint density at radius 1 is 1.12 bits per heavy atom. The Morgan fingerprint density at radius 3 is 2.75 bits per heavy atom. The summed E-state index contributed by atoms with van der Waals surface area (Å²) in [7, 11) is 1.86. The Kier molecular flexibility index (Phi) is 5.64. The summed E-state index contributed by atoms with van der Waals surface area (Å²) in [6.45, 7) is 5.37. The first-order valence-electron chi connectivity index (χ1n) is 11.5. The summed E-state index contributed by atoms with van der Waals surface area (Å²) in [5.74, 6) is 2.58. The Hall–Kier alpha value is -3.22. The molecule has 0 N–H and O–H groups in total. The van der Waals surface area contributed by atoms with Gasteiger partial charge in [0.1, 0.15) is 11.6 Å². The molecule has 7 heteroatoms. The number of rotatable bonds is 4. The highest BCUT2D eigenvalue weighted by molar-refractivity contribution is 5.90. The number of imidazole rings is 1. The van der Waals surface area contributed by atoms with Gasteiger partial charge < -0.3 is 14.4 Å². The van der Waals surface area contributed by atoms with E-state index >= 15 is 0 Å². The third kappa shape index (κ3) is 3.99. The molecule has 1 fully saturated rings. The van der Waals surface area contributed by atoms with Crippen LogP contribution < -0.4 is 4.90 Å². The number of nitrogens with zero attached hydrogens (tertiary/aromatic N) is 6. The lowest BCUT2D eigenvalue weighted by atomic mass is 9.95. The molecule has 166 valence electrons. The maximum atomic E-state index is 13.0. The average Bonchev–Trinajstić information content (AvgIpc) is 3.25. The van der Waals surface area contributed by atoms with Gasteiger partial charge in [-0.25, -0.2) is 15.0 Å². The van der Waals surface area contributed by atoms with Crippen molar-refractivity contribution in [2.24, 2.45) is 7.05 Å². The fraction of sp³-hybridized carbons (Fsp3) is 0.440. The van der Waals surface area contributed by atoms with Gasteiger partial charge in [-0.05, 0) is 38.2 Å². The number of carbonyl (C=O) groups excluding carboxylic acids is 1. The molecule has 0 unspecified atom stereocenters. The third-order valence-electron chi connectivity index (χ3n) is 6.67. The van der Waals surface area contributed by atoms with E-state index in [0.29, 0.717) is 12.4 Å². The molecule has 1 saturated heterocycles. The summed E-state index contributed by atoms with van der Waals surface area (Å²) in [5, 5.41) is 0. The first kappa shape index (κ1) is 20.7. The first-order valence-corrected chi connectivity index (χ1v) is 11.5. The van der Waals surface area contributed by atoms with Crippen LogP contribution in [0.2, 0.25) is 0 Å². The van der Waals surface area contributed by atoms with Gasteiger partial charge in [-0.1, -0.05) is 30.3 Å². The van der Waals surface area contributed by atoms with Gasteiger partial charge in [0.25, 0.3) is 5.91 Å². The van der Waals surface area contributed by atoms with Gasteiger partial charge in [0.2, 0.25) is 0 Å². The molecule has 7 nitrogen and oxygen atoms in total. The second-order valence-electron chi connectivity index (χ2n) is 8.93. The van der Waals surface area contributed by atoms with Crippen LogP contribution in [0.4, 0.5) is 5.82 Å². The number of aryl methyl sites for hydroxylation is 2. The molecule has 4 heterocycles. The fourth-order valence-corrected chi connectivity index (χ4v) is 4.93. The second kappa shape index (κ2) is 8.73. The monoisotopic (exact) mass is 430 g/mol. The lowest BCUT2D eigenvalue weighted by Gasteiger charge is -2.34. The van der Waals surface area contributed by atoms with Crippen molar-refractivity contribution in [3.8, 4) is 0 Å². The van der Waals surface area contributed by atoms with E-state index in [4.69, 9.17) is 9.97 Å². The predicted molar refractivity (Wildman–Crippen MR) is 124 cm³/mol. The molecule has 1 amide bonds. The van der Waals surface area contributed by atoms with Crippen molar-refractivity contribution in [3.05, 3.63) is 71.2 Å². The van der Waals surface area contributed by atoms with Crippen molar-refractivity contribution >= 4 is 11.7 Å². The molecule has 5 rings (SSSR count). The van der Waals surface area contributed by atoms with E-state index in [0.717, 1.165) is 62.7 Å². The Morgan fingerprint density at radius 2 is 1.97 bits per heavy atom. The summed E-state index contributed by atoms with van der Waals surface area (Å²) >= 11 is 0. The van der Waals surface area contributed by atoms with Gasteiger partial charge in [-0.15, -0.1) is 0 Å². The molecule has 2 aliphatic heterocycles. The van der Waals surface area contributed by atoms with E-state index in [2.05, 4.69) is 47.1 Å². The van der Waals surface area contributed by atoms with Crippen molar-refractivity contribution in [2.75, 3.05) is 24.5 Å². The first-order chi connectivity index (χ1) is 15.6. The van der Waals surface area contributed by atoms with Crippen LogP contribution in [0.15, 0.2) is 42.7 Å². The summed E-state index contributed by atoms with van der Waals surface area (Å²) < 4.78 is 1.78. The highest BCUT2D eigenvalue weighted by Gasteiger charge is 2.31. The number of carbonyl (C=O) groups is 1. The fourth-order valence-electron chi connectivity index (χ4n) is 4.93. The summed E-state index contributed by atoms with van der Waals surface area (Å²) in [5.41, 5.74) is 3.64. The molecule has 3 aromatic rings. The molecule has 0 radical (unpaired) electrons. The van der Waals surface area contributed by atoms with Gasteiger partial charge in [0, 0.05) is 62.8 Å². The summed E-state index contributed by atoms with van der Waals surface area (Å²) in [4.78, 5) is 31.6. The maximum absolute atomic E-state index is 13.0. The molecule has 32 heavy (non-hydrogen) atoms. The van der Waals surface area contributed by atoms with Crippen molar-refractivity contribution in [2.45, 2.75) is 45.1 Å². The van der Waals surface area contributed by atoms with Crippen LogP contribution in [0.3, 0.4) is 0 Å². The van der Waals surface area contributed by atoms with Gasteiger partial charge in [-0.3, -0.25) is 4.79 Å². The SMILES string of the molecule is Cc1nc([C@H]2CCCN(C(=O)c3nccn3C)C2)nc2c1CCCN2Cc1ccccc1. The Labute approximate surface area is 189 Å². The Balaban J connectivity index is 1.40. The number of piperidine rings is 1. The quantitative estimate of drug-likeness (QED) is 0.634. The van der Waals surface area contributed by atoms with E-state index in [1.54, 1.807) is 10.8 Å². The topological polar surface area (TPSA) is 67.2 Å². The molecule has 2 aromatic heterocycles. The normalized spacial score (nSPS) is 18.5. The largest absolute Gasteiger partial charge is 0.352 e. The van der Waals surface area contributed by atoms with Gasteiger partial charge in [0.05, 0.1) is 0 Å². The number of aromatic nitrogens is 4. The van der Waals surface area contributed by atoms with Crippen molar-refractivity contribution in [3.63, 3.8) is 0 Å². The van der Waals surface area contributed by atoms with Gasteiger partial charge in [0.15, 0.2) is 5.82 Å². The number of amides is 1. The van der Waals surface area contributed by atoms with E-state index in [9.17, 15) is 4.79 Å². The number of hydrogen-bond acceptors (Lipinski definition) is 5. The zero-order chi connectivity index (χ0) is 22.1. The number of anilines is 1. The Bertz CT molecular complexity index is 1110. The molecule has 2 aliphatic rings. The zero-order valence-electron chi connectivity index (χ0n) is 18.9. The number of likely N-dealkylation sites (tertiary alicyclic amines) is 1. The summed E-state index contributed by atoms with van der Waals surface area (Å²) in [6.07, 6.45) is 7.59. The molecular formula is C25H30N6O. The molecule has 1 aromatic carbocycles. The van der Waals surface area contributed by atoms with Crippen LogP contribution in [0, 0.1) is 6.92 Å². The number of benzene rings is 1. The van der Waals surface area contributed by atoms with E-state index in [1.165, 1.54) is 11.1 Å². The molecule has 0 aliphatic carbocycles. The van der Waals surface area contributed by atoms with Crippen LogP contribution in [-0.4, -0.2) is 50.0 Å². The van der Waals surface area contributed by atoms with Crippen molar-refractivity contribution in [1.29, 1.82) is 0 Å². The predicted octanol–water partition coefficient (Wildman–Crippen LogP) is 3.49. The molecular weight excluding hydrogens is 400 g/mol. The van der Waals surface area contributed by atoms with Crippen LogP contribution >= 0.6 is 0 Å². The van der Waals surface area contributed by atoms with Gasteiger partial charge in [-0.2, -0.15) is 0 Å². The van der Waals surface area contributed by atoms with Crippen LogP contribution in [0.25, 0.3) is 0 Å². The van der Waals surface area contributed by atoms with E-state index in [-0.39, 0.29) is 11.8 Å². The minimum Gasteiger partial charge on any atom is -0.352 e. The van der Waals surface area contributed by atoms with Crippen molar-refractivity contribution < 1.29 is 4.79 Å². The average molecular weight is 431 g/mol. The highest BCUT2D eigenvalue weighted by Crippen LogP contribution is 2.32. The molecule has 1 atom stereocenters. The lowest BCUT2D eigenvalue weighted by molar-refractivity contribution is 0.0688. The maximum Gasteiger partial charge on any atom is 0.289 e. The smallest absolute Gasteiger partial charge is 0.289 e. The van der Waals surface area contributed by atoms with Crippen LogP contribution in [-0.2, 0) is 20.0 Å².